The lowest BCUT2D eigenvalue weighted by molar-refractivity contribution is -0.155. The van der Waals surface area contributed by atoms with Gasteiger partial charge in [-0.1, -0.05) is 60.2 Å². The van der Waals surface area contributed by atoms with Crippen molar-refractivity contribution >= 4 is 29.2 Å². The fourth-order valence-corrected chi connectivity index (χ4v) is 5.64. The molecule has 2 aliphatic rings. The molecule has 2 heterocycles. The summed E-state index contributed by atoms with van der Waals surface area (Å²) in [5, 5.41) is 3.46. The second-order valence-corrected chi connectivity index (χ2v) is 9.85. The summed E-state index contributed by atoms with van der Waals surface area (Å²) in [6, 6.07) is 23.7. The normalized spacial score (nSPS) is 24.8. The molecule has 5 rings (SSSR count). The average Bonchev–Trinajstić information content (AvgIpc) is 3.40. The van der Waals surface area contributed by atoms with Crippen LogP contribution in [0.5, 0.6) is 0 Å². The van der Waals surface area contributed by atoms with Gasteiger partial charge in [0.05, 0.1) is 24.1 Å². The number of fused-ring (bicyclic) bond motifs is 1. The van der Waals surface area contributed by atoms with E-state index in [0.717, 1.165) is 16.8 Å². The first kappa shape index (κ1) is 24.7. The zero-order valence-corrected chi connectivity index (χ0v) is 21.5. The second-order valence-electron chi connectivity index (χ2n) is 9.85. The molecule has 2 saturated heterocycles. The number of amides is 2. The summed E-state index contributed by atoms with van der Waals surface area (Å²) < 4.78 is 5.58. The minimum atomic E-state index is -1.51. The highest BCUT2D eigenvalue weighted by Gasteiger charge is 2.69. The van der Waals surface area contributed by atoms with E-state index in [1.54, 1.807) is 19.1 Å². The number of nitrogens with zero attached hydrogens (tertiary/aromatic N) is 2. The van der Waals surface area contributed by atoms with Crippen LogP contribution in [0.3, 0.4) is 0 Å². The Kier molecular flexibility index (Phi) is 6.33. The smallest absolute Gasteiger partial charge is 0.331 e. The van der Waals surface area contributed by atoms with Gasteiger partial charge in [-0.15, -0.1) is 0 Å². The maximum Gasteiger partial charge on any atom is 0.331 e. The van der Waals surface area contributed by atoms with Gasteiger partial charge < -0.3 is 9.64 Å². The molecule has 7 nitrogen and oxygen atoms in total. The minimum Gasteiger partial charge on any atom is -0.464 e. The van der Waals surface area contributed by atoms with Gasteiger partial charge in [0.1, 0.15) is 0 Å². The Morgan fingerprint density at radius 1 is 0.946 bits per heavy atom. The Morgan fingerprint density at radius 2 is 1.59 bits per heavy atom. The van der Waals surface area contributed by atoms with E-state index in [-0.39, 0.29) is 12.5 Å². The molecule has 2 fully saturated rings. The molecule has 0 spiro atoms. The van der Waals surface area contributed by atoms with Gasteiger partial charge >= 0.3 is 5.97 Å². The Bertz CT molecular complexity index is 1320. The second kappa shape index (κ2) is 9.48. The van der Waals surface area contributed by atoms with Gasteiger partial charge in [0.2, 0.25) is 11.8 Å². The predicted molar refractivity (Wildman–Crippen MR) is 142 cm³/mol. The first-order valence-corrected chi connectivity index (χ1v) is 12.5. The van der Waals surface area contributed by atoms with Crippen LogP contribution in [0.2, 0.25) is 0 Å². The molecule has 7 heteroatoms. The zero-order valence-electron chi connectivity index (χ0n) is 21.5. The fraction of sp³-hybridized carbons (Fsp3) is 0.300. The van der Waals surface area contributed by atoms with Crippen LogP contribution >= 0.6 is 0 Å². The molecule has 0 saturated carbocycles. The van der Waals surface area contributed by atoms with Crippen molar-refractivity contribution in [2.75, 3.05) is 30.5 Å². The third-order valence-corrected chi connectivity index (χ3v) is 7.45. The van der Waals surface area contributed by atoms with Gasteiger partial charge in [0, 0.05) is 25.8 Å². The molecule has 0 aliphatic carbocycles. The Balaban J connectivity index is 1.70. The first-order valence-electron chi connectivity index (χ1n) is 12.5. The van der Waals surface area contributed by atoms with E-state index in [4.69, 9.17) is 4.74 Å². The summed E-state index contributed by atoms with van der Waals surface area (Å²) in [6.45, 7) is 3.84. The quantitative estimate of drug-likeness (QED) is 0.410. The number of benzene rings is 3. The molecule has 0 unspecified atom stereocenters. The maximum atomic E-state index is 14.2. The van der Waals surface area contributed by atoms with Crippen LogP contribution in [0.15, 0.2) is 78.9 Å². The van der Waals surface area contributed by atoms with Gasteiger partial charge in [-0.05, 0) is 49.2 Å². The minimum absolute atomic E-state index is 0.151. The number of aryl methyl sites for hydroxylation is 1. The van der Waals surface area contributed by atoms with Crippen LogP contribution in [0, 0.1) is 18.8 Å². The fourth-order valence-electron chi connectivity index (χ4n) is 5.64. The highest BCUT2D eigenvalue weighted by Crippen LogP contribution is 2.54. The highest BCUT2D eigenvalue weighted by atomic mass is 16.5. The molecular formula is C30H31N3O4. The number of carbonyl (C=O) groups is 3. The van der Waals surface area contributed by atoms with E-state index in [1.807, 2.05) is 92.6 Å². The van der Waals surface area contributed by atoms with Crippen molar-refractivity contribution < 1.29 is 19.1 Å². The lowest BCUT2D eigenvalue weighted by Gasteiger charge is -2.33. The molecule has 0 aromatic heterocycles. The number of carbonyl (C=O) groups excluding carboxylic acids is 3. The Hall–Kier alpha value is -3.97. The maximum absolute atomic E-state index is 14.2. The molecule has 190 valence electrons. The number of hydrogen-bond acceptors (Lipinski definition) is 6. The lowest BCUT2D eigenvalue weighted by Crippen LogP contribution is -2.54. The number of imide groups is 1. The van der Waals surface area contributed by atoms with Gasteiger partial charge in [-0.25, -0.2) is 9.69 Å². The van der Waals surface area contributed by atoms with E-state index in [9.17, 15) is 14.4 Å². The number of ether oxygens (including phenoxy) is 1. The molecule has 1 N–H and O–H groups in total. The van der Waals surface area contributed by atoms with Gasteiger partial charge in [0.25, 0.3) is 0 Å². The van der Waals surface area contributed by atoms with E-state index in [0.29, 0.717) is 11.3 Å². The monoisotopic (exact) mass is 497 g/mol. The summed E-state index contributed by atoms with van der Waals surface area (Å²) >= 11 is 0. The third-order valence-electron chi connectivity index (χ3n) is 7.45. The summed E-state index contributed by atoms with van der Waals surface area (Å²) in [6.07, 6.45) is 0. The van der Waals surface area contributed by atoms with Gasteiger partial charge in [-0.3, -0.25) is 14.9 Å². The highest BCUT2D eigenvalue weighted by molar-refractivity contribution is 6.24. The standard InChI is InChI=1S/C30H31N3O4/c1-5-37-29(36)30(21-9-7-6-8-10-21)25-24(26(31-30)20-13-17-22(18-14-20)32(3)4)27(34)33(28(25)35)23-15-11-19(2)12-16-23/h6-18,24-26,31H,5H2,1-4H3/t24-,25-,26-,30-/m1/s1. The van der Waals surface area contributed by atoms with Crippen molar-refractivity contribution in [3.8, 4) is 0 Å². The average molecular weight is 498 g/mol. The van der Waals surface area contributed by atoms with Crippen molar-refractivity contribution in [1.82, 2.24) is 5.32 Å². The van der Waals surface area contributed by atoms with Crippen LogP contribution < -0.4 is 15.1 Å². The molecule has 2 aliphatic heterocycles. The van der Waals surface area contributed by atoms with E-state index < -0.39 is 35.3 Å². The predicted octanol–water partition coefficient (Wildman–Crippen LogP) is 3.97. The topological polar surface area (TPSA) is 79.0 Å². The molecule has 37 heavy (non-hydrogen) atoms. The number of nitrogens with one attached hydrogen (secondary N) is 1. The first-order chi connectivity index (χ1) is 17.8. The largest absolute Gasteiger partial charge is 0.464 e. The van der Waals surface area contributed by atoms with E-state index in [1.165, 1.54) is 4.90 Å². The van der Waals surface area contributed by atoms with E-state index in [2.05, 4.69) is 5.32 Å². The third kappa shape index (κ3) is 3.90. The summed E-state index contributed by atoms with van der Waals surface area (Å²) in [5.74, 6) is -3.05. The van der Waals surface area contributed by atoms with Crippen LogP contribution in [0.25, 0.3) is 0 Å². The molecule has 4 atom stereocenters. The lowest BCUT2D eigenvalue weighted by atomic mass is 9.75. The molecule has 0 bridgehead atoms. The Labute approximate surface area is 217 Å². The molecular weight excluding hydrogens is 466 g/mol. The molecule has 3 aromatic rings. The molecule has 3 aromatic carbocycles. The van der Waals surface area contributed by atoms with Crippen molar-refractivity contribution in [3.63, 3.8) is 0 Å². The SMILES string of the molecule is CCOC(=O)[C@]1(c2ccccc2)N[C@H](c2ccc(N(C)C)cc2)[C@@H]2C(=O)N(c3ccc(C)cc3)C(=O)[C@@H]21. The number of hydrogen-bond donors (Lipinski definition) is 1. The number of anilines is 2. The van der Waals surface area contributed by atoms with Crippen LogP contribution in [0.1, 0.15) is 29.7 Å². The van der Waals surface area contributed by atoms with Crippen molar-refractivity contribution in [1.29, 1.82) is 0 Å². The van der Waals surface area contributed by atoms with Gasteiger partial charge in [-0.2, -0.15) is 0 Å². The van der Waals surface area contributed by atoms with Crippen LogP contribution in [-0.2, 0) is 24.7 Å². The molecule has 0 radical (unpaired) electrons. The number of esters is 1. The van der Waals surface area contributed by atoms with Gasteiger partial charge in [0.15, 0.2) is 5.54 Å². The van der Waals surface area contributed by atoms with Crippen LogP contribution in [0.4, 0.5) is 11.4 Å². The summed E-state index contributed by atoms with van der Waals surface area (Å²) in [7, 11) is 3.91. The summed E-state index contributed by atoms with van der Waals surface area (Å²) in [4.78, 5) is 45.2. The number of rotatable bonds is 6. The van der Waals surface area contributed by atoms with Crippen LogP contribution in [-0.4, -0.2) is 38.5 Å². The van der Waals surface area contributed by atoms with E-state index >= 15 is 0 Å². The van der Waals surface area contributed by atoms with Crippen molar-refractivity contribution in [2.24, 2.45) is 11.8 Å². The zero-order chi connectivity index (χ0) is 26.3. The van der Waals surface area contributed by atoms with Crippen molar-refractivity contribution in [2.45, 2.75) is 25.4 Å². The van der Waals surface area contributed by atoms with Crippen molar-refractivity contribution in [3.05, 3.63) is 95.6 Å². The Morgan fingerprint density at radius 3 is 2.19 bits per heavy atom. The molecule has 2 amide bonds. The summed E-state index contributed by atoms with van der Waals surface area (Å²) in [5.41, 5.74) is 2.45.